The van der Waals surface area contributed by atoms with Crippen molar-refractivity contribution < 1.29 is 0 Å². The van der Waals surface area contributed by atoms with E-state index in [2.05, 4.69) is 73.7 Å². The number of rotatable bonds is 1. The zero-order valence-corrected chi connectivity index (χ0v) is 12.5. The van der Waals surface area contributed by atoms with Crippen LogP contribution in [0.5, 0.6) is 0 Å². The van der Waals surface area contributed by atoms with Gasteiger partial charge in [0.15, 0.2) is 0 Å². The molecule has 0 heterocycles. The molecule has 0 unspecified atom stereocenters. The Balaban J connectivity index is 1.94. The fourth-order valence-corrected chi connectivity index (χ4v) is 3.04. The SMILES string of the molecule is Cc1ccc2cc(-c3cc4ccccc4cc3N)ccc2c1. The van der Waals surface area contributed by atoms with Gasteiger partial charge in [-0.1, -0.05) is 60.2 Å². The maximum atomic E-state index is 6.29. The van der Waals surface area contributed by atoms with Crippen molar-refractivity contribution in [1.29, 1.82) is 0 Å². The van der Waals surface area contributed by atoms with Crippen LogP contribution in [0.3, 0.4) is 0 Å². The first-order valence-corrected chi connectivity index (χ1v) is 7.50. The summed E-state index contributed by atoms with van der Waals surface area (Å²) in [6.45, 7) is 2.12. The van der Waals surface area contributed by atoms with Gasteiger partial charge >= 0.3 is 0 Å². The molecule has 0 aromatic heterocycles. The van der Waals surface area contributed by atoms with Gasteiger partial charge in [0, 0.05) is 11.3 Å². The summed E-state index contributed by atoms with van der Waals surface area (Å²) in [5, 5.41) is 4.91. The summed E-state index contributed by atoms with van der Waals surface area (Å²) in [6.07, 6.45) is 0. The van der Waals surface area contributed by atoms with Crippen LogP contribution in [0, 0.1) is 6.92 Å². The standard InChI is InChI=1S/C21H17N/c1-14-6-7-18-11-19(9-8-17(18)10-14)20-12-15-4-2-3-5-16(15)13-21(20)22/h2-13H,22H2,1H3. The molecule has 0 bridgehead atoms. The van der Waals surface area contributed by atoms with E-state index in [0.717, 1.165) is 11.3 Å². The van der Waals surface area contributed by atoms with E-state index in [9.17, 15) is 0 Å². The fourth-order valence-electron chi connectivity index (χ4n) is 3.04. The molecule has 0 aliphatic heterocycles. The largest absolute Gasteiger partial charge is 0.398 e. The zero-order valence-electron chi connectivity index (χ0n) is 12.5. The number of benzene rings is 4. The van der Waals surface area contributed by atoms with Crippen molar-refractivity contribution in [2.75, 3.05) is 5.73 Å². The van der Waals surface area contributed by atoms with Crippen LogP contribution in [0.15, 0.2) is 72.8 Å². The van der Waals surface area contributed by atoms with Gasteiger partial charge in [-0.05, 0) is 52.2 Å². The van der Waals surface area contributed by atoms with Crippen LogP contribution in [0.1, 0.15) is 5.56 Å². The average Bonchev–Trinajstić information content (AvgIpc) is 2.54. The number of hydrogen-bond donors (Lipinski definition) is 1. The molecule has 1 nitrogen and oxygen atoms in total. The second kappa shape index (κ2) is 4.88. The topological polar surface area (TPSA) is 26.0 Å². The highest BCUT2D eigenvalue weighted by atomic mass is 14.6. The summed E-state index contributed by atoms with van der Waals surface area (Å²) < 4.78 is 0. The van der Waals surface area contributed by atoms with Gasteiger partial charge < -0.3 is 5.73 Å². The third kappa shape index (κ3) is 2.11. The normalized spacial score (nSPS) is 11.1. The monoisotopic (exact) mass is 283 g/mol. The predicted octanol–water partition coefficient (Wildman–Crippen LogP) is 5.55. The molecule has 0 fully saturated rings. The molecular weight excluding hydrogens is 266 g/mol. The van der Waals surface area contributed by atoms with E-state index in [0.29, 0.717) is 0 Å². The highest BCUT2D eigenvalue weighted by molar-refractivity contribution is 5.96. The molecule has 0 saturated carbocycles. The lowest BCUT2D eigenvalue weighted by Crippen LogP contribution is -1.91. The molecule has 4 aromatic rings. The quantitative estimate of drug-likeness (QED) is 0.455. The van der Waals surface area contributed by atoms with Crippen molar-refractivity contribution in [2.24, 2.45) is 0 Å². The number of nitrogen functional groups attached to an aromatic ring is 1. The van der Waals surface area contributed by atoms with Crippen molar-refractivity contribution in [3.63, 3.8) is 0 Å². The number of aryl methyl sites for hydroxylation is 1. The highest BCUT2D eigenvalue weighted by Crippen LogP contribution is 2.32. The first-order valence-electron chi connectivity index (χ1n) is 7.50. The van der Waals surface area contributed by atoms with E-state index < -0.39 is 0 Å². The van der Waals surface area contributed by atoms with Crippen LogP contribution in [-0.2, 0) is 0 Å². The minimum absolute atomic E-state index is 0.824. The molecule has 2 N–H and O–H groups in total. The van der Waals surface area contributed by atoms with Crippen LogP contribution in [0.2, 0.25) is 0 Å². The van der Waals surface area contributed by atoms with Gasteiger partial charge in [-0.3, -0.25) is 0 Å². The molecule has 0 saturated heterocycles. The van der Waals surface area contributed by atoms with E-state index in [4.69, 9.17) is 5.73 Å². The molecule has 0 aliphatic carbocycles. The van der Waals surface area contributed by atoms with Crippen LogP contribution in [-0.4, -0.2) is 0 Å². The molecule has 0 amide bonds. The van der Waals surface area contributed by atoms with E-state index in [-0.39, 0.29) is 0 Å². The minimum Gasteiger partial charge on any atom is -0.398 e. The third-order valence-electron chi connectivity index (χ3n) is 4.22. The molecule has 1 heteroatoms. The van der Waals surface area contributed by atoms with E-state index in [1.165, 1.54) is 32.7 Å². The summed E-state index contributed by atoms with van der Waals surface area (Å²) in [7, 11) is 0. The lowest BCUT2D eigenvalue weighted by molar-refractivity contribution is 1.50. The van der Waals surface area contributed by atoms with Gasteiger partial charge in [0.2, 0.25) is 0 Å². The van der Waals surface area contributed by atoms with E-state index in [1.807, 2.05) is 6.07 Å². The van der Waals surface area contributed by atoms with Gasteiger partial charge in [-0.2, -0.15) is 0 Å². The first-order chi connectivity index (χ1) is 10.7. The fraction of sp³-hybridized carbons (Fsp3) is 0.0476. The molecule has 106 valence electrons. The Morgan fingerprint density at radius 2 is 1.27 bits per heavy atom. The maximum absolute atomic E-state index is 6.29. The van der Waals surface area contributed by atoms with Gasteiger partial charge in [0.05, 0.1) is 0 Å². The van der Waals surface area contributed by atoms with E-state index in [1.54, 1.807) is 0 Å². The summed E-state index contributed by atoms with van der Waals surface area (Å²) in [5.74, 6) is 0. The smallest absolute Gasteiger partial charge is 0.0400 e. The number of fused-ring (bicyclic) bond motifs is 2. The van der Waals surface area contributed by atoms with Crippen LogP contribution in [0.25, 0.3) is 32.7 Å². The molecular formula is C21H17N. The van der Waals surface area contributed by atoms with E-state index >= 15 is 0 Å². The van der Waals surface area contributed by atoms with Gasteiger partial charge in [-0.15, -0.1) is 0 Å². The Bertz CT molecular complexity index is 999. The third-order valence-corrected chi connectivity index (χ3v) is 4.22. The molecule has 4 aromatic carbocycles. The Morgan fingerprint density at radius 1 is 0.636 bits per heavy atom. The lowest BCUT2D eigenvalue weighted by Gasteiger charge is -2.10. The summed E-state index contributed by atoms with van der Waals surface area (Å²) in [5.41, 5.74) is 10.7. The van der Waals surface area contributed by atoms with Crippen molar-refractivity contribution in [2.45, 2.75) is 6.92 Å². The minimum atomic E-state index is 0.824. The highest BCUT2D eigenvalue weighted by Gasteiger charge is 2.06. The average molecular weight is 283 g/mol. The summed E-state index contributed by atoms with van der Waals surface area (Å²) in [4.78, 5) is 0. The van der Waals surface area contributed by atoms with Gasteiger partial charge in [0.25, 0.3) is 0 Å². The first kappa shape index (κ1) is 12.9. The van der Waals surface area contributed by atoms with Gasteiger partial charge in [0.1, 0.15) is 0 Å². The van der Waals surface area contributed by atoms with Crippen LogP contribution < -0.4 is 5.73 Å². The van der Waals surface area contributed by atoms with Crippen LogP contribution in [0.4, 0.5) is 5.69 Å². The Morgan fingerprint density at radius 3 is 2.09 bits per heavy atom. The lowest BCUT2D eigenvalue weighted by atomic mass is 9.96. The van der Waals surface area contributed by atoms with Crippen molar-refractivity contribution >= 4 is 27.2 Å². The maximum Gasteiger partial charge on any atom is 0.0400 e. The van der Waals surface area contributed by atoms with Crippen LogP contribution >= 0.6 is 0 Å². The molecule has 0 spiro atoms. The summed E-state index contributed by atoms with van der Waals surface area (Å²) in [6, 6.07) is 25.6. The Hall–Kier alpha value is -2.80. The molecule has 4 rings (SSSR count). The second-order valence-electron chi connectivity index (χ2n) is 5.85. The Labute approximate surface area is 130 Å². The van der Waals surface area contributed by atoms with Crippen molar-refractivity contribution in [1.82, 2.24) is 0 Å². The van der Waals surface area contributed by atoms with Crippen molar-refractivity contribution in [3.8, 4) is 11.1 Å². The second-order valence-corrected chi connectivity index (χ2v) is 5.85. The molecule has 22 heavy (non-hydrogen) atoms. The molecule has 0 radical (unpaired) electrons. The predicted molar refractivity (Wildman–Crippen MR) is 96.0 cm³/mol. The number of anilines is 1. The number of nitrogens with two attached hydrogens (primary N) is 1. The summed E-state index contributed by atoms with van der Waals surface area (Å²) >= 11 is 0. The molecule has 0 atom stereocenters. The molecule has 0 aliphatic rings. The zero-order chi connectivity index (χ0) is 15.1. The number of hydrogen-bond acceptors (Lipinski definition) is 1. The van der Waals surface area contributed by atoms with Gasteiger partial charge in [-0.25, -0.2) is 0 Å². The van der Waals surface area contributed by atoms with Crippen molar-refractivity contribution in [3.05, 3.63) is 78.4 Å². The Kier molecular flexibility index (Phi) is 2.87.